The van der Waals surface area contributed by atoms with Gasteiger partial charge in [-0.1, -0.05) is 0 Å². The van der Waals surface area contributed by atoms with Crippen LogP contribution in [-0.2, 0) is 6.18 Å². The van der Waals surface area contributed by atoms with Gasteiger partial charge in [-0.3, -0.25) is 4.79 Å². The summed E-state index contributed by atoms with van der Waals surface area (Å²) in [6.45, 7) is 0.197. The molecule has 1 aliphatic rings. The van der Waals surface area contributed by atoms with Crippen LogP contribution in [0.3, 0.4) is 0 Å². The van der Waals surface area contributed by atoms with Crippen molar-refractivity contribution in [3.05, 3.63) is 35.1 Å². The molecule has 0 aliphatic heterocycles. The molecule has 0 saturated heterocycles. The van der Waals surface area contributed by atoms with Crippen LogP contribution >= 0.6 is 0 Å². The maximum atomic E-state index is 13.1. The van der Waals surface area contributed by atoms with E-state index in [1.807, 2.05) is 0 Å². The first-order valence-electron chi connectivity index (χ1n) is 6.19. The maximum Gasteiger partial charge on any atom is 0.419 e. The van der Waals surface area contributed by atoms with Gasteiger partial charge in [0.2, 0.25) is 0 Å². The lowest BCUT2D eigenvalue weighted by molar-refractivity contribution is -0.140. The van der Waals surface area contributed by atoms with Crippen LogP contribution in [0.5, 0.6) is 0 Å². The minimum atomic E-state index is -4.83. The van der Waals surface area contributed by atoms with E-state index < -0.39 is 23.5 Å². The van der Waals surface area contributed by atoms with Gasteiger partial charge in [-0.15, -0.1) is 0 Å². The molecular formula is C13H14F4N2O. The summed E-state index contributed by atoms with van der Waals surface area (Å²) >= 11 is 0. The van der Waals surface area contributed by atoms with Crippen molar-refractivity contribution in [2.75, 3.05) is 6.54 Å². The average molecular weight is 290 g/mol. The molecule has 1 unspecified atom stereocenters. The lowest BCUT2D eigenvalue weighted by atomic mass is 10.1. The summed E-state index contributed by atoms with van der Waals surface area (Å²) in [5, 5.41) is 2.46. The molecule has 0 bridgehead atoms. The first kappa shape index (κ1) is 14.8. The second-order valence-electron chi connectivity index (χ2n) is 4.90. The fourth-order valence-corrected chi connectivity index (χ4v) is 1.89. The zero-order valence-electron chi connectivity index (χ0n) is 10.5. The molecule has 1 saturated carbocycles. The van der Waals surface area contributed by atoms with Gasteiger partial charge in [0.25, 0.3) is 5.91 Å². The number of hydrogen-bond acceptors (Lipinski definition) is 2. The monoisotopic (exact) mass is 290 g/mol. The maximum absolute atomic E-state index is 13.1. The molecule has 1 aromatic rings. The number of nitrogens with one attached hydrogen (secondary N) is 1. The van der Waals surface area contributed by atoms with E-state index >= 15 is 0 Å². The molecule has 2 rings (SSSR count). The molecule has 0 heterocycles. The molecule has 7 heteroatoms. The molecular weight excluding hydrogens is 276 g/mol. The Morgan fingerprint density at radius 1 is 1.40 bits per heavy atom. The highest BCUT2D eigenvalue weighted by Gasteiger charge is 2.35. The smallest absolute Gasteiger partial charge is 0.350 e. The van der Waals surface area contributed by atoms with Crippen molar-refractivity contribution in [2.45, 2.75) is 25.1 Å². The van der Waals surface area contributed by atoms with E-state index in [4.69, 9.17) is 5.73 Å². The van der Waals surface area contributed by atoms with Crippen molar-refractivity contribution < 1.29 is 22.4 Å². The van der Waals surface area contributed by atoms with Gasteiger partial charge in [0.05, 0.1) is 5.56 Å². The summed E-state index contributed by atoms with van der Waals surface area (Å²) in [6.07, 6.45) is -2.82. The van der Waals surface area contributed by atoms with Crippen molar-refractivity contribution in [3.8, 4) is 0 Å². The number of amides is 1. The molecule has 110 valence electrons. The van der Waals surface area contributed by atoms with Gasteiger partial charge in [0.1, 0.15) is 5.82 Å². The molecule has 1 aliphatic carbocycles. The van der Waals surface area contributed by atoms with Crippen LogP contribution < -0.4 is 11.1 Å². The number of alkyl halides is 3. The number of rotatable bonds is 4. The highest BCUT2D eigenvalue weighted by molar-refractivity contribution is 5.94. The van der Waals surface area contributed by atoms with Crippen molar-refractivity contribution in [1.82, 2.24) is 5.32 Å². The van der Waals surface area contributed by atoms with Crippen molar-refractivity contribution in [1.29, 1.82) is 0 Å². The Kier molecular flexibility index (Phi) is 3.99. The Hall–Kier alpha value is -1.63. The third-order valence-corrected chi connectivity index (χ3v) is 3.26. The van der Waals surface area contributed by atoms with E-state index in [2.05, 4.69) is 5.32 Å². The highest BCUT2D eigenvalue weighted by atomic mass is 19.4. The van der Waals surface area contributed by atoms with E-state index in [0.29, 0.717) is 18.1 Å². The number of hydrogen-bond donors (Lipinski definition) is 2. The Morgan fingerprint density at radius 3 is 2.60 bits per heavy atom. The van der Waals surface area contributed by atoms with Gasteiger partial charge in [0, 0.05) is 18.2 Å². The highest BCUT2D eigenvalue weighted by Crippen LogP contribution is 2.32. The van der Waals surface area contributed by atoms with Crippen LogP contribution in [-0.4, -0.2) is 18.5 Å². The Labute approximate surface area is 113 Å². The third-order valence-electron chi connectivity index (χ3n) is 3.26. The third kappa shape index (κ3) is 3.47. The summed E-state index contributed by atoms with van der Waals surface area (Å²) in [5.41, 5.74) is 4.09. The Bertz CT molecular complexity index is 512. The van der Waals surface area contributed by atoms with Crippen molar-refractivity contribution >= 4 is 5.91 Å². The van der Waals surface area contributed by atoms with Gasteiger partial charge < -0.3 is 11.1 Å². The minimum absolute atomic E-state index is 0.193. The topological polar surface area (TPSA) is 55.1 Å². The van der Waals surface area contributed by atoms with E-state index in [1.54, 1.807) is 0 Å². The van der Waals surface area contributed by atoms with E-state index in [1.165, 1.54) is 0 Å². The van der Waals surface area contributed by atoms with Crippen molar-refractivity contribution in [3.63, 3.8) is 0 Å². The first-order valence-corrected chi connectivity index (χ1v) is 6.19. The van der Waals surface area contributed by atoms with Crippen LogP contribution in [0.1, 0.15) is 28.8 Å². The normalized spacial score (nSPS) is 16.9. The molecule has 20 heavy (non-hydrogen) atoms. The number of benzene rings is 1. The van der Waals surface area contributed by atoms with E-state index in [0.717, 1.165) is 18.9 Å². The molecule has 0 aromatic heterocycles. The molecule has 1 fully saturated rings. The molecule has 3 nitrogen and oxygen atoms in total. The SMILES string of the molecule is NC(CNC(=O)c1ccc(F)c(C(F)(F)F)c1)C1CC1. The predicted molar refractivity (Wildman–Crippen MR) is 64.4 cm³/mol. The van der Waals surface area contributed by atoms with Crippen LogP contribution in [0.4, 0.5) is 17.6 Å². The van der Waals surface area contributed by atoms with E-state index in [9.17, 15) is 22.4 Å². The van der Waals surface area contributed by atoms with Crippen molar-refractivity contribution in [2.24, 2.45) is 11.7 Å². The summed E-state index contributed by atoms with van der Waals surface area (Å²) in [7, 11) is 0. The Balaban J connectivity index is 2.06. The van der Waals surface area contributed by atoms with Gasteiger partial charge in [-0.2, -0.15) is 13.2 Å². The lowest BCUT2D eigenvalue weighted by Crippen LogP contribution is -2.38. The number of nitrogens with two attached hydrogens (primary N) is 1. The molecule has 3 N–H and O–H groups in total. The van der Waals surface area contributed by atoms with Gasteiger partial charge in [-0.25, -0.2) is 4.39 Å². The zero-order valence-corrected chi connectivity index (χ0v) is 10.5. The summed E-state index contributed by atoms with van der Waals surface area (Å²) in [4.78, 5) is 11.7. The van der Waals surface area contributed by atoms with Gasteiger partial charge in [-0.05, 0) is 37.0 Å². The summed E-state index contributed by atoms with van der Waals surface area (Å²) < 4.78 is 50.7. The standard InChI is InChI=1S/C13H14F4N2O/c14-10-4-3-8(5-9(10)13(15,16)17)12(20)19-6-11(18)7-1-2-7/h3-5,7,11H,1-2,6,18H2,(H,19,20). The van der Waals surface area contributed by atoms with Gasteiger partial charge in [0.15, 0.2) is 0 Å². The van der Waals surface area contributed by atoms with Crippen LogP contribution in [0.25, 0.3) is 0 Å². The molecule has 1 aromatic carbocycles. The van der Waals surface area contributed by atoms with Crippen LogP contribution in [0, 0.1) is 11.7 Å². The summed E-state index contributed by atoms with van der Waals surface area (Å²) in [5.74, 6) is -1.72. The van der Waals surface area contributed by atoms with Gasteiger partial charge >= 0.3 is 6.18 Å². The summed E-state index contributed by atoms with van der Waals surface area (Å²) in [6, 6.07) is 1.97. The first-order chi connectivity index (χ1) is 9.29. The average Bonchev–Trinajstić information content (AvgIpc) is 3.18. The quantitative estimate of drug-likeness (QED) is 0.836. The Morgan fingerprint density at radius 2 is 2.05 bits per heavy atom. The zero-order chi connectivity index (χ0) is 14.9. The lowest BCUT2D eigenvalue weighted by Gasteiger charge is -2.13. The van der Waals surface area contributed by atoms with Crippen LogP contribution in [0.15, 0.2) is 18.2 Å². The number of carbonyl (C=O) groups is 1. The largest absolute Gasteiger partial charge is 0.419 e. The molecule has 0 radical (unpaired) electrons. The van der Waals surface area contributed by atoms with Crippen LogP contribution in [0.2, 0.25) is 0 Å². The molecule has 0 spiro atoms. The second kappa shape index (κ2) is 5.40. The number of halogens is 4. The second-order valence-corrected chi connectivity index (χ2v) is 4.90. The fourth-order valence-electron chi connectivity index (χ4n) is 1.89. The minimum Gasteiger partial charge on any atom is -0.350 e. The predicted octanol–water partition coefficient (Wildman–Crippen LogP) is 2.31. The number of carbonyl (C=O) groups excluding carboxylic acids is 1. The molecule has 1 atom stereocenters. The fraction of sp³-hybridized carbons (Fsp3) is 0.462. The van der Waals surface area contributed by atoms with E-state index in [-0.39, 0.29) is 18.2 Å². The molecule has 1 amide bonds.